The van der Waals surface area contributed by atoms with Crippen molar-refractivity contribution in [2.24, 2.45) is 0 Å². The highest BCUT2D eigenvalue weighted by atomic mass is 16.2. The highest BCUT2D eigenvalue weighted by molar-refractivity contribution is 6.42. The number of benzene rings is 1. The topological polar surface area (TPSA) is 37.4 Å². The van der Waals surface area contributed by atoms with Crippen LogP contribution in [0.15, 0.2) is 18.2 Å². The Balaban J connectivity index is 3.04. The first-order valence-electron chi connectivity index (χ1n) is 6.70. The Labute approximate surface area is 115 Å². The molecule has 0 aliphatic carbocycles. The van der Waals surface area contributed by atoms with Gasteiger partial charge in [-0.2, -0.15) is 0 Å². The number of ketones is 1. The maximum absolute atomic E-state index is 12.3. The van der Waals surface area contributed by atoms with Crippen LogP contribution >= 0.6 is 0 Å². The summed E-state index contributed by atoms with van der Waals surface area (Å²) in [5.74, 6) is -0.848. The van der Waals surface area contributed by atoms with Gasteiger partial charge in [0.25, 0.3) is 5.91 Å². The zero-order valence-electron chi connectivity index (χ0n) is 12.7. The van der Waals surface area contributed by atoms with Crippen molar-refractivity contribution >= 4 is 11.7 Å². The number of hydrogen-bond donors (Lipinski definition) is 0. The van der Waals surface area contributed by atoms with Gasteiger partial charge >= 0.3 is 0 Å². The molecule has 19 heavy (non-hydrogen) atoms. The molecule has 0 bridgehead atoms. The summed E-state index contributed by atoms with van der Waals surface area (Å²) in [7, 11) is 0. The molecule has 1 aromatic carbocycles. The molecule has 0 aliphatic heterocycles. The van der Waals surface area contributed by atoms with Crippen LogP contribution in [0.3, 0.4) is 0 Å². The third-order valence-electron chi connectivity index (χ3n) is 3.31. The Morgan fingerprint density at radius 2 is 1.47 bits per heavy atom. The lowest BCUT2D eigenvalue weighted by Gasteiger charge is -2.30. The fourth-order valence-electron chi connectivity index (χ4n) is 2.19. The number of amides is 1. The van der Waals surface area contributed by atoms with Crippen molar-refractivity contribution in [3.05, 3.63) is 34.9 Å². The quantitative estimate of drug-likeness (QED) is 0.617. The van der Waals surface area contributed by atoms with Crippen molar-refractivity contribution in [1.29, 1.82) is 0 Å². The number of nitrogens with zero attached hydrogens (tertiary/aromatic N) is 1. The van der Waals surface area contributed by atoms with Gasteiger partial charge in [-0.3, -0.25) is 9.59 Å². The van der Waals surface area contributed by atoms with E-state index >= 15 is 0 Å². The van der Waals surface area contributed by atoms with Gasteiger partial charge in [0.05, 0.1) is 0 Å². The van der Waals surface area contributed by atoms with Crippen molar-refractivity contribution in [3.8, 4) is 0 Å². The minimum Gasteiger partial charge on any atom is -0.331 e. The molecule has 1 aromatic rings. The number of Topliss-reactive ketones (excluding diaryl/α,β-unsaturated/α-hetero) is 1. The summed E-state index contributed by atoms with van der Waals surface area (Å²) in [4.78, 5) is 26.2. The van der Waals surface area contributed by atoms with Gasteiger partial charge in [-0.1, -0.05) is 12.1 Å². The van der Waals surface area contributed by atoms with Crippen LogP contribution in [0.1, 0.15) is 49.2 Å². The highest BCUT2D eigenvalue weighted by Gasteiger charge is 2.27. The summed E-state index contributed by atoms with van der Waals surface area (Å²) in [5.41, 5.74) is 2.62. The van der Waals surface area contributed by atoms with E-state index in [0.717, 1.165) is 11.1 Å². The Hall–Kier alpha value is -1.64. The summed E-state index contributed by atoms with van der Waals surface area (Å²) < 4.78 is 0. The van der Waals surface area contributed by atoms with Crippen LogP contribution in [-0.4, -0.2) is 28.7 Å². The van der Waals surface area contributed by atoms with Crippen molar-refractivity contribution in [1.82, 2.24) is 4.90 Å². The molecule has 1 amide bonds. The molecular formula is C16H23NO2. The zero-order valence-corrected chi connectivity index (χ0v) is 12.7. The normalized spacial score (nSPS) is 10.9. The number of hydrogen-bond acceptors (Lipinski definition) is 2. The van der Waals surface area contributed by atoms with Gasteiger partial charge in [0.2, 0.25) is 5.78 Å². The molecule has 104 valence electrons. The largest absolute Gasteiger partial charge is 0.331 e. The molecule has 0 radical (unpaired) electrons. The second-order valence-corrected chi connectivity index (χ2v) is 5.53. The van der Waals surface area contributed by atoms with Crippen LogP contribution in [0.5, 0.6) is 0 Å². The second-order valence-electron chi connectivity index (χ2n) is 5.53. The van der Waals surface area contributed by atoms with E-state index in [1.165, 1.54) is 0 Å². The first-order chi connectivity index (χ1) is 8.75. The average molecular weight is 261 g/mol. The van der Waals surface area contributed by atoms with Crippen molar-refractivity contribution in [3.63, 3.8) is 0 Å². The van der Waals surface area contributed by atoms with E-state index in [1.54, 1.807) is 17.0 Å². The average Bonchev–Trinajstić information content (AvgIpc) is 2.30. The van der Waals surface area contributed by atoms with Gasteiger partial charge in [-0.05, 0) is 58.7 Å². The first-order valence-corrected chi connectivity index (χ1v) is 6.70. The summed E-state index contributed by atoms with van der Waals surface area (Å²) >= 11 is 0. The lowest BCUT2D eigenvalue weighted by Crippen LogP contribution is -2.45. The van der Waals surface area contributed by atoms with E-state index in [1.807, 2.05) is 47.6 Å². The minimum absolute atomic E-state index is 0.0167. The molecule has 0 aliphatic rings. The fourth-order valence-corrected chi connectivity index (χ4v) is 2.19. The molecule has 0 aromatic heterocycles. The smallest absolute Gasteiger partial charge is 0.295 e. The molecule has 0 spiro atoms. The molecule has 1 rings (SSSR count). The minimum atomic E-state index is -0.425. The molecule has 0 N–H and O–H groups in total. The number of carbonyl (C=O) groups excluding carboxylic acids is 2. The molecule has 0 unspecified atom stereocenters. The third-order valence-corrected chi connectivity index (χ3v) is 3.31. The van der Waals surface area contributed by atoms with E-state index in [-0.39, 0.29) is 12.1 Å². The molecule has 0 fully saturated rings. The van der Waals surface area contributed by atoms with Gasteiger partial charge in [-0.25, -0.2) is 0 Å². The van der Waals surface area contributed by atoms with Gasteiger partial charge in [-0.15, -0.1) is 0 Å². The maximum Gasteiger partial charge on any atom is 0.295 e. The molecule has 0 saturated carbocycles. The Kier molecular flexibility index (Phi) is 4.87. The molecule has 0 atom stereocenters. The lowest BCUT2D eigenvalue weighted by molar-refractivity contribution is -0.129. The maximum atomic E-state index is 12.3. The summed E-state index contributed by atoms with van der Waals surface area (Å²) in [5, 5.41) is 0. The highest BCUT2D eigenvalue weighted by Crippen LogP contribution is 2.14. The zero-order chi connectivity index (χ0) is 14.7. The van der Waals surface area contributed by atoms with Crippen LogP contribution in [0.25, 0.3) is 0 Å². The van der Waals surface area contributed by atoms with Crippen molar-refractivity contribution < 1.29 is 9.59 Å². The first kappa shape index (κ1) is 15.4. The van der Waals surface area contributed by atoms with Gasteiger partial charge in [0.15, 0.2) is 0 Å². The van der Waals surface area contributed by atoms with Crippen molar-refractivity contribution in [2.75, 3.05) is 0 Å². The second kappa shape index (κ2) is 6.00. The molecule has 3 heteroatoms. The van der Waals surface area contributed by atoms with Gasteiger partial charge < -0.3 is 4.90 Å². The molecular weight excluding hydrogens is 238 g/mol. The lowest BCUT2D eigenvalue weighted by atomic mass is 10.0. The van der Waals surface area contributed by atoms with E-state index in [4.69, 9.17) is 0 Å². The predicted molar refractivity (Wildman–Crippen MR) is 77.4 cm³/mol. The third kappa shape index (κ3) is 3.43. The SMILES string of the molecule is Cc1ccc(C(=O)C(=O)N(C(C)C)C(C)C)cc1C. The Morgan fingerprint density at radius 3 is 1.89 bits per heavy atom. The fraction of sp³-hybridized carbons (Fsp3) is 0.500. The number of rotatable bonds is 4. The monoisotopic (exact) mass is 261 g/mol. The number of aryl methyl sites for hydroxylation is 2. The molecule has 3 nitrogen and oxygen atoms in total. The van der Waals surface area contributed by atoms with Gasteiger partial charge in [0, 0.05) is 17.6 Å². The molecule has 0 heterocycles. The Morgan fingerprint density at radius 1 is 0.947 bits per heavy atom. The van der Waals surface area contributed by atoms with E-state index in [0.29, 0.717) is 5.56 Å². The van der Waals surface area contributed by atoms with Crippen molar-refractivity contribution in [2.45, 2.75) is 53.6 Å². The summed E-state index contributed by atoms with van der Waals surface area (Å²) in [6.07, 6.45) is 0. The van der Waals surface area contributed by atoms with Gasteiger partial charge in [0.1, 0.15) is 0 Å². The van der Waals surface area contributed by atoms with Crippen LogP contribution in [0, 0.1) is 13.8 Å². The standard InChI is InChI=1S/C16H23NO2/c1-10(2)17(11(3)4)16(19)15(18)14-8-7-12(5)13(6)9-14/h7-11H,1-6H3. The van der Waals surface area contributed by atoms with E-state index < -0.39 is 11.7 Å². The predicted octanol–water partition coefficient (Wildman–Crippen LogP) is 3.13. The summed E-state index contributed by atoms with van der Waals surface area (Å²) in [6, 6.07) is 5.42. The van der Waals surface area contributed by atoms with Crippen LogP contribution < -0.4 is 0 Å². The molecule has 0 saturated heterocycles. The summed E-state index contributed by atoms with van der Waals surface area (Å²) in [6.45, 7) is 11.6. The van der Waals surface area contributed by atoms with Crippen LogP contribution in [-0.2, 0) is 4.79 Å². The Bertz CT molecular complexity index is 482. The van der Waals surface area contributed by atoms with Crippen LogP contribution in [0.2, 0.25) is 0 Å². The van der Waals surface area contributed by atoms with E-state index in [9.17, 15) is 9.59 Å². The van der Waals surface area contributed by atoms with Crippen LogP contribution in [0.4, 0.5) is 0 Å². The number of carbonyl (C=O) groups is 2. The van der Waals surface area contributed by atoms with E-state index in [2.05, 4.69) is 0 Å².